The van der Waals surface area contributed by atoms with Crippen molar-refractivity contribution < 1.29 is 19.1 Å². The molecule has 1 saturated heterocycles. The number of hydrogen-bond donors (Lipinski definition) is 0. The third-order valence-corrected chi connectivity index (χ3v) is 6.35. The lowest BCUT2D eigenvalue weighted by atomic mass is 9.90. The molecule has 2 aliphatic heterocycles. The van der Waals surface area contributed by atoms with E-state index in [1.807, 2.05) is 25.1 Å². The van der Waals surface area contributed by atoms with E-state index in [1.54, 1.807) is 33.9 Å². The van der Waals surface area contributed by atoms with E-state index in [2.05, 4.69) is 11.2 Å². The summed E-state index contributed by atoms with van der Waals surface area (Å²) in [7, 11) is 1.79. The molecule has 1 aromatic carbocycles. The maximum atomic E-state index is 13.7. The Hall–Kier alpha value is -2.87. The van der Waals surface area contributed by atoms with Crippen molar-refractivity contribution in [1.82, 2.24) is 19.6 Å². The van der Waals surface area contributed by atoms with Crippen molar-refractivity contribution >= 4 is 11.8 Å². The highest BCUT2D eigenvalue weighted by molar-refractivity contribution is 5.95. The average molecular weight is 441 g/mol. The standard InChI is InChI=1S/C24H32N4O4/c1-3-27-12-14-31-21-10-5-4-8-19(21)9-6-7-11-24(23(27)30)18-28(13-15-32-24)22(29)20-16-25-26(2)17-20/h4-5,8,10,16-17H,3,6-7,9,11-15,18H2,1-2H3. The largest absolute Gasteiger partial charge is 0.491 e. The molecule has 1 aromatic heterocycles. The van der Waals surface area contributed by atoms with Crippen LogP contribution >= 0.6 is 0 Å². The Balaban J connectivity index is 1.56. The zero-order chi connectivity index (χ0) is 22.6. The summed E-state index contributed by atoms with van der Waals surface area (Å²) in [6, 6.07) is 8.10. The molecule has 3 heterocycles. The number of aryl methyl sites for hydroxylation is 2. The molecule has 172 valence electrons. The zero-order valence-corrected chi connectivity index (χ0v) is 19.0. The summed E-state index contributed by atoms with van der Waals surface area (Å²) in [6.45, 7) is 4.49. The summed E-state index contributed by atoms with van der Waals surface area (Å²) in [5, 5.41) is 4.11. The zero-order valence-electron chi connectivity index (χ0n) is 19.0. The summed E-state index contributed by atoms with van der Waals surface area (Å²) in [5.74, 6) is 0.731. The summed E-state index contributed by atoms with van der Waals surface area (Å²) in [5.41, 5.74) is 0.696. The minimum absolute atomic E-state index is 0.0545. The lowest BCUT2D eigenvalue weighted by Crippen LogP contribution is -2.62. The average Bonchev–Trinajstić information content (AvgIpc) is 3.25. The van der Waals surface area contributed by atoms with Crippen LogP contribution in [0.25, 0.3) is 0 Å². The number of morpholine rings is 1. The number of rotatable bonds is 2. The first-order valence-electron chi connectivity index (χ1n) is 11.4. The fourth-order valence-corrected chi connectivity index (χ4v) is 4.59. The van der Waals surface area contributed by atoms with E-state index in [0.29, 0.717) is 44.8 Å². The number of carbonyl (C=O) groups excluding carboxylic acids is 2. The third-order valence-electron chi connectivity index (χ3n) is 6.35. The van der Waals surface area contributed by atoms with Crippen molar-refractivity contribution in [3.63, 3.8) is 0 Å². The van der Waals surface area contributed by atoms with Gasteiger partial charge in [-0.05, 0) is 44.2 Å². The third kappa shape index (κ3) is 4.65. The number of amides is 2. The fourth-order valence-electron chi connectivity index (χ4n) is 4.59. The molecule has 8 nitrogen and oxygen atoms in total. The van der Waals surface area contributed by atoms with Gasteiger partial charge in [0.1, 0.15) is 12.4 Å². The fraction of sp³-hybridized carbons (Fsp3) is 0.542. The Morgan fingerprint density at radius 2 is 2.03 bits per heavy atom. The molecule has 1 unspecified atom stereocenters. The number of aromatic nitrogens is 2. The molecule has 32 heavy (non-hydrogen) atoms. The maximum absolute atomic E-state index is 13.7. The molecule has 0 aliphatic carbocycles. The van der Waals surface area contributed by atoms with Crippen molar-refractivity contribution in [3.05, 3.63) is 47.8 Å². The van der Waals surface area contributed by atoms with Crippen LogP contribution in [0.3, 0.4) is 0 Å². The minimum Gasteiger partial charge on any atom is -0.491 e. The van der Waals surface area contributed by atoms with Gasteiger partial charge in [-0.3, -0.25) is 14.3 Å². The van der Waals surface area contributed by atoms with Gasteiger partial charge in [-0.2, -0.15) is 5.10 Å². The number of carbonyl (C=O) groups is 2. The van der Waals surface area contributed by atoms with E-state index in [-0.39, 0.29) is 18.4 Å². The number of likely N-dealkylation sites (N-methyl/N-ethyl adjacent to an activating group) is 1. The Bertz CT molecular complexity index is 959. The molecule has 4 rings (SSSR count). The number of nitrogens with zero attached hydrogens (tertiary/aromatic N) is 4. The first-order valence-corrected chi connectivity index (χ1v) is 11.4. The lowest BCUT2D eigenvalue weighted by Gasteiger charge is -2.44. The van der Waals surface area contributed by atoms with Crippen LogP contribution in [-0.4, -0.2) is 76.4 Å². The van der Waals surface area contributed by atoms with Gasteiger partial charge >= 0.3 is 0 Å². The smallest absolute Gasteiger partial charge is 0.257 e. The van der Waals surface area contributed by atoms with E-state index in [1.165, 1.54) is 5.56 Å². The Morgan fingerprint density at radius 3 is 2.81 bits per heavy atom. The van der Waals surface area contributed by atoms with Crippen molar-refractivity contribution in [1.29, 1.82) is 0 Å². The summed E-state index contributed by atoms with van der Waals surface area (Å²) in [4.78, 5) is 30.3. The van der Waals surface area contributed by atoms with Crippen LogP contribution < -0.4 is 4.74 Å². The van der Waals surface area contributed by atoms with E-state index < -0.39 is 5.60 Å². The molecule has 1 fully saturated rings. The van der Waals surface area contributed by atoms with Crippen molar-refractivity contribution in [2.45, 2.75) is 38.2 Å². The number of hydrogen-bond acceptors (Lipinski definition) is 5. The van der Waals surface area contributed by atoms with Crippen LogP contribution in [0.5, 0.6) is 5.75 Å². The van der Waals surface area contributed by atoms with E-state index in [0.717, 1.165) is 25.0 Å². The molecular formula is C24H32N4O4. The second kappa shape index (κ2) is 9.73. The monoisotopic (exact) mass is 440 g/mol. The molecule has 0 bridgehead atoms. The summed E-state index contributed by atoms with van der Waals surface area (Å²) in [6.07, 6.45) is 6.49. The van der Waals surface area contributed by atoms with Crippen LogP contribution in [-0.2, 0) is 23.0 Å². The van der Waals surface area contributed by atoms with Gasteiger partial charge in [-0.25, -0.2) is 0 Å². The Kier molecular flexibility index (Phi) is 6.79. The predicted molar refractivity (Wildman–Crippen MR) is 120 cm³/mol. The number of para-hydroxylation sites is 1. The number of benzene rings is 1. The predicted octanol–water partition coefficient (Wildman–Crippen LogP) is 2.29. The Labute approximate surface area is 189 Å². The van der Waals surface area contributed by atoms with Crippen LogP contribution in [0.2, 0.25) is 0 Å². The van der Waals surface area contributed by atoms with Crippen LogP contribution in [0, 0.1) is 0 Å². The van der Waals surface area contributed by atoms with Crippen molar-refractivity contribution in [2.75, 3.05) is 39.4 Å². The number of ether oxygens (including phenoxy) is 2. The molecule has 1 atom stereocenters. The van der Waals surface area contributed by atoms with Gasteiger partial charge < -0.3 is 19.3 Å². The quantitative estimate of drug-likeness (QED) is 0.716. The molecule has 0 saturated carbocycles. The van der Waals surface area contributed by atoms with E-state index >= 15 is 0 Å². The lowest BCUT2D eigenvalue weighted by molar-refractivity contribution is -0.170. The van der Waals surface area contributed by atoms with E-state index in [4.69, 9.17) is 9.47 Å². The Morgan fingerprint density at radius 1 is 1.19 bits per heavy atom. The van der Waals surface area contributed by atoms with Gasteiger partial charge in [-0.15, -0.1) is 0 Å². The molecule has 2 aliphatic rings. The first kappa shape index (κ1) is 22.3. The normalized spacial score (nSPS) is 22.6. The van der Waals surface area contributed by atoms with Crippen molar-refractivity contribution in [2.24, 2.45) is 7.05 Å². The summed E-state index contributed by atoms with van der Waals surface area (Å²) >= 11 is 0. The van der Waals surface area contributed by atoms with Crippen LogP contribution in [0.1, 0.15) is 42.1 Å². The highest BCUT2D eigenvalue weighted by Crippen LogP contribution is 2.30. The van der Waals surface area contributed by atoms with Crippen molar-refractivity contribution in [3.8, 4) is 5.75 Å². The van der Waals surface area contributed by atoms with E-state index in [9.17, 15) is 9.59 Å². The van der Waals surface area contributed by atoms with Gasteiger partial charge in [0.25, 0.3) is 11.8 Å². The maximum Gasteiger partial charge on any atom is 0.257 e. The minimum atomic E-state index is -1.02. The van der Waals surface area contributed by atoms with Crippen LogP contribution in [0.15, 0.2) is 36.7 Å². The summed E-state index contributed by atoms with van der Waals surface area (Å²) < 4.78 is 13.8. The molecular weight excluding hydrogens is 408 g/mol. The number of fused-ring (bicyclic) bond motifs is 1. The molecule has 8 heteroatoms. The van der Waals surface area contributed by atoms with Gasteiger partial charge in [0.2, 0.25) is 0 Å². The van der Waals surface area contributed by atoms with Gasteiger partial charge in [0.05, 0.1) is 31.5 Å². The van der Waals surface area contributed by atoms with Gasteiger partial charge in [0, 0.05) is 26.3 Å². The molecule has 1 spiro atoms. The molecule has 2 aromatic rings. The second-order valence-electron chi connectivity index (χ2n) is 8.52. The SMILES string of the molecule is CCN1CCOc2ccccc2CCCCC2(CN(C(=O)c3cnn(C)c3)CCO2)C1=O. The highest BCUT2D eigenvalue weighted by atomic mass is 16.5. The molecule has 0 N–H and O–H groups in total. The molecule has 2 amide bonds. The molecule has 0 radical (unpaired) electrons. The van der Waals surface area contributed by atoms with Crippen LogP contribution in [0.4, 0.5) is 0 Å². The van der Waals surface area contributed by atoms with Gasteiger partial charge in [-0.1, -0.05) is 18.2 Å². The second-order valence-corrected chi connectivity index (χ2v) is 8.52. The topological polar surface area (TPSA) is 76.9 Å². The highest BCUT2D eigenvalue weighted by Gasteiger charge is 2.46. The van der Waals surface area contributed by atoms with Gasteiger partial charge in [0.15, 0.2) is 5.60 Å². The first-order chi connectivity index (χ1) is 15.5.